The van der Waals surface area contributed by atoms with Gasteiger partial charge in [-0.2, -0.15) is 0 Å². The fourth-order valence-electron chi connectivity index (χ4n) is 0.0994. The summed E-state index contributed by atoms with van der Waals surface area (Å²) in [5.41, 5.74) is 0. The zero-order valence-electron chi connectivity index (χ0n) is 3.49. The lowest BCUT2D eigenvalue weighted by Crippen LogP contribution is -2.02. The Kier molecular flexibility index (Phi) is 4.37. The van der Waals surface area contributed by atoms with Crippen molar-refractivity contribution < 1.29 is 13.9 Å². The van der Waals surface area contributed by atoms with Crippen LogP contribution >= 0.6 is 22.6 Å². The van der Waals surface area contributed by atoms with E-state index < -0.39 is 12.8 Å². The van der Waals surface area contributed by atoms with Crippen LogP contribution in [0.1, 0.15) is 0 Å². The molecule has 0 aliphatic rings. The summed E-state index contributed by atoms with van der Waals surface area (Å²) in [6, 6.07) is 0. The van der Waals surface area contributed by atoms with Gasteiger partial charge in [0.25, 0.3) is 0 Å². The summed E-state index contributed by atoms with van der Waals surface area (Å²) in [5, 5.41) is 0. The summed E-state index contributed by atoms with van der Waals surface area (Å²) in [5.74, 6) is -0.511. The van der Waals surface area contributed by atoms with Crippen LogP contribution in [-0.4, -0.2) is 17.3 Å². The maximum atomic E-state index is 11.0. The van der Waals surface area contributed by atoms with E-state index in [0.717, 1.165) is 0 Å². The van der Waals surface area contributed by atoms with E-state index >= 15 is 0 Å². The minimum absolute atomic E-state index is 0.210. The Labute approximate surface area is 54.2 Å². The zero-order valence-corrected chi connectivity index (χ0v) is 5.64. The van der Waals surface area contributed by atoms with Crippen molar-refractivity contribution >= 4 is 28.6 Å². The van der Waals surface area contributed by atoms with E-state index in [4.69, 9.17) is 0 Å². The molecule has 4 heteroatoms. The monoisotopic (exact) mass is 218 g/mol. The summed E-state index contributed by atoms with van der Waals surface area (Å²) < 4.78 is 15.1. The maximum absolute atomic E-state index is 11.0. The molecule has 0 spiro atoms. The molecule has 0 saturated carbocycles. The van der Waals surface area contributed by atoms with Crippen LogP contribution in [0, 0.1) is 0 Å². The summed E-state index contributed by atoms with van der Waals surface area (Å²) in [6.07, 6.45) is 0. The molecule has 42 valence electrons. The average Bonchev–Trinajstić information content (AvgIpc) is 1.68. The molecule has 0 amide bonds. The van der Waals surface area contributed by atoms with Crippen LogP contribution in [0.25, 0.3) is 0 Å². The molecule has 0 aliphatic heterocycles. The van der Waals surface area contributed by atoms with Crippen LogP contribution in [-0.2, 0) is 9.53 Å². The van der Waals surface area contributed by atoms with Gasteiger partial charge in [-0.25, -0.2) is 4.39 Å². The van der Waals surface area contributed by atoms with Crippen molar-refractivity contribution in [2.24, 2.45) is 0 Å². The number of hydrogen-bond donors (Lipinski definition) is 0. The molecule has 0 fully saturated rings. The highest BCUT2D eigenvalue weighted by atomic mass is 127. The lowest BCUT2D eigenvalue weighted by Gasteiger charge is -1.90. The third-order valence-corrected chi connectivity index (χ3v) is 0.947. The number of rotatable bonds is 2. The predicted octanol–water partition coefficient (Wildman–Crippen LogP) is 0.892. The Balaban J connectivity index is 3.00. The Hall–Kier alpha value is 0.130. The van der Waals surface area contributed by atoms with Crippen molar-refractivity contribution in [3.63, 3.8) is 0 Å². The Morgan fingerprint density at radius 2 is 2.43 bits per heavy atom. The van der Waals surface area contributed by atoms with Crippen molar-refractivity contribution in [3.8, 4) is 0 Å². The van der Waals surface area contributed by atoms with Gasteiger partial charge in [-0.15, -0.1) is 0 Å². The van der Waals surface area contributed by atoms with E-state index in [0.29, 0.717) is 0 Å². The minimum atomic E-state index is -1.01. The number of alkyl halides is 2. The average molecular weight is 218 g/mol. The van der Waals surface area contributed by atoms with Gasteiger partial charge in [-0.3, -0.25) is 4.79 Å². The first-order valence-electron chi connectivity index (χ1n) is 1.58. The van der Waals surface area contributed by atoms with Crippen molar-refractivity contribution in [3.05, 3.63) is 0 Å². The molecule has 0 N–H and O–H groups in total. The van der Waals surface area contributed by atoms with Crippen LogP contribution in [0.4, 0.5) is 4.39 Å². The number of carbonyl (C=O) groups excluding carboxylic acids is 1. The zero-order chi connectivity index (χ0) is 5.70. The van der Waals surface area contributed by atoms with E-state index in [1.165, 1.54) is 0 Å². The fourth-order valence-corrected chi connectivity index (χ4v) is 0.320. The topological polar surface area (TPSA) is 26.3 Å². The lowest BCUT2D eigenvalue weighted by atomic mass is 10.8. The molecule has 0 saturated heterocycles. The van der Waals surface area contributed by atoms with Gasteiger partial charge in [0.15, 0.2) is 0 Å². The van der Waals surface area contributed by atoms with Crippen LogP contribution in [0.3, 0.4) is 0 Å². The Bertz CT molecular complexity index is 66.0. The third-order valence-electron chi connectivity index (χ3n) is 0.325. The molecule has 0 unspecified atom stereocenters. The first kappa shape index (κ1) is 7.13. The predicted molar refractivity (Wildman–Crippen MR) is 31.0 cm³/mol. The summed E-state index contributed by atoms with van der Waals surface area (Å²) in [6.45, 7) is -1.01. The van der Waals surface area contributed by atoms with Crippen LogP contribution < -0.4 is 0 Å². The quantitative estimate of drug-likeness (QED) is 0.391. The van der Waals surface area contributed by atoms with E-state index in [-0.39, 0.29) is 4.43 Å². The first-order valence-corrected chi connectivity index (χ1v) is 3.11. The molecule has 0 atom stereocenters. The molecule has 0 aliphatic carbocycles. The summed E-state index contributed by atoms with van der Waals surface area (Å²) in [7, 11) is 0. The van der Waals surface area contributed by atoms with Gasteiger partial charge in [0.2, 0.25) is 6.86 Å². The Morgan fingerprint density at radius 3 is 2.57 bits per heavy atom. The SMILES string of the molecule is O=C(CI)OCF. The maximum Gasteiger partial charge on any atom is 0.318 e. The molecule has 0 rings (SSSR count). The van der Waals surface area contributed by atoms with Crippen molar-refractivity contribution in [1.29, 1.82) is 0 Å². The number of carbonyl (C=O) groups is 1. The highest BCUT2D eigenvalue weighted by Gasteiger charge is 1.94. The lowest BCUT2D eigenvalue weighted by molar-refractivity contribution is -0.144. The highest BCUT2D eigenvalue weighted by molar-refractivity contribution is 14.1. The van der Waals surface area contributed by atoms with Crippen LogP contribution in [0.15, 0.2) is 0 Å². The van der Waals surface area contributed by atoms with Gasteiger partial charge >= 0.3 is 5.97 Å². The largest absolute Gasteiger partial charge is 0.433 e. The molecule has 0 aromatic carbocycles. The van der Waals surface area contributed by atoms with Crippen LogP contribution in [0.2, 0.25) is 0 Å². The minimum Gasteiger partial charge on any atom is -0.433 e. The second-order valence-corrected chi connectivity index (χ2v) is 1.52. The van der Waals surface area contributed by atoms with Gasteiger partial charge in [-0.1, -0.05) is 22.6 Å². The molecular weight excluding hydrogens is 214 g/mol. The molecule has 0 aromatic heterocycles. The molecule has 0 bridgehead atoms. The summed E-state index contributed by atoms with van der Waals surface area (Å²) >= 11 is 1.80. The van der Waals surface area contributed by atoms with Gasteiger partial charge in [0.05, 0.1) is 4.43 Å². The fraction of sp³-hybridized carbons (Fsp3) is 0.667. The van der Waals surface area contributed by atoms with E-state index in [1.807, 2.05) is 0 Å². The van der Waals surface area contributed by atoms with Crippen molar-refractivity contribution in [2.75, 3.05) is 11.3 Å². The van der Waals surface area contributed by atoms with E-state index in [2.05, 4.69) is 4.74 Å². The third kappa shape index (κ3) is 3.97. The normalized spacial score (nSPS) is 8.29. The van der Waals surface area contributed by atoms with Gasteiger partial charge in [0, 0.05) is 0 Å². The molecule has 7 heavy (non-hydrogen) atoms. The summed E-state index contributed by atoms with van der Waals surface area (Å²) in [4.78, 5) is 9.94. The highest BCUT2D eigenvalue weighted by Crippen LogP contribution is 1.84. The standard InChI is InChI=1S/C3H4FIO2/c4-2-7-3(6)1-5/h1-2H2. The molecule has 0 heterocycles. The molecular formula is C3H4FIO2. The van der Waals surface area contributed by atoms with Crippen molar-refractivity contribution in [2.45, 2.75) is 0 Å². The van der Waals surface area contributed by atoms with Gasteiger partial charge < -0.3 is 4.74 Å². The molecule has 0 radical (unpaired) electrons. The second-order valence-electron chi connectivity index (χ2n) is 0.759. The number of esters is 1. The molecule has 0 aromatic rings. The number of ether oxygens (including phenoxy) is 1. The van der Waals surface area contributed by atoms with Crippen molar-refractivity contribution in [1.82, 2.24) is 0 Å². The number of halogens is 2. The van der Waals surface area contributed by atoms with Gasteiger partial charge in [-0.05, 0) is 0 Å². The smallest absolute Gasteiger partial charge is 0.318 e. The van der Waals surface area contributed by atoms with E-state index in [9.17, 15) is 9.18 Å². The number of hydrogen-bond acceptors (Lipinski definition) is 2. The molecule has 2 nitrogen and oxygen atoms in total. The van der Waals surface area contributed by atoms with Crippen LogP contribution in [0.5, 0.6) is 0 Å². The first-order chi connectivity index (χ1) is 3.31. The van der Waals surface area contributed by atoms with E-state index in [1.54, 1.807) is 22.6 Å². The Morgan fingerprint density at radius 1 is 1.86 bits per heavy atom. The van der Waals surface area contributed by atoms with Gasteiger partial charge in [0.1, 0.15) is 0 Å². The second kappa shape index (κ2) is 4.29.